The van der Waals surface area contributed by atoms with E-state index >= 15 is 0 Å². The van der Waals surface area contributed by atoms with Crippen molar-refractivity contribution in [1.29, 1.82) is 0 Å². The molecule has 0 saturated heterocycles. The SMILES string of the molecule is Cc1ccc(C(=O)C(C)Oc2ccc3c(c2)CCC3)cc1. The van der Waals surface area contributed by atoms with Crippen LogP contribution < -0.4 is 4.74 Å². The summed E-state index contributed by atoms with van der Waals surface area (Å²) < 4.78 is 5.84. The fourth-order valence-corrected chi connectivity index (χ4v) is 2.83. The van der Waals surface area contributed by atoms with Crippen LogP contribution in [0.5, 0.6) is 5.75 Å². The van der Waals surface area contributed by atoms with Gasteiger partial charge in [-0.05, 0) is 56.4 Å². The third kappa shape index (κ3) is 2.99. The predicted octanol–water partition coefficient (Wildman–Crippen LogP) is 4.13. The summed E-state index contributed by atoms with van der Waals surface area (Å²) in [6.45, 7) is 3.83. The minimum Gasteiger partial charge on any atom is -0.483 e. The first-order valence-corrected chi connectivity index (χ1v) is 7.53. The maximum absolute atomic E-state index is 12.4. The number of Topliss-reactive ketones (excluding diaryl/α,β-unsaturated/α-hetero) is 1. The number of rotatable bonds is 4. The lowest BCUT2D eigenvalue weighted by Crippen LogP contribution is -2.23. The lowest BCUT2D eigenvalue weighted by molar-refractivity contribution is 0.0818. The first kappa shape index (κ1) is 13.9. The fraction of sp³-hybridized carbons (Fsp3) is 0.316. The second-order valence-corrected chi connectivity index (χ2v) is 5.77. The Kier molecular flexibility index (Phi) is 3.78. The molecule has 3 rings (SSSR count). The number of carbonyl (C=O) groups excluding carboxylic acids is 1. The van der Waals surface area contributed by atoms with Gasteiger partial charge < -0.3 is 4.74 Å². The largest absolute Gasteiger partial charge is 0.483 e. The van der Waals surface area contributed by atoms with Crippen molar-refractivity contribution in [3.63, 3.8) is 0 Å². The Labute approximate surface area is 125 Å². The third-order valence-corrected chi connectivity index (χ3v) is 4.09. The molecule has 1 aliphatic carbocycles. The van der Waals surface area contributed by atoms with E-state index in [9.17, 15) is 4.79 Å². The Morgan fingerprint density at radius 1 is 1.05 bits per heavy atom. The molecule has 0 aromatic heterocycles. The molecule has 0 bridgehead atoms. The lowest BCUT2D eigenvalue weighted by atomic mass is 10.1. The van der Waals surface area contributed by atoms with Gasteiger partial charge in [-0.2, -0.15) is 0 Å². The van der Waals surface area contributed by atoms with Crippen molar-refractivity contribution in [3.05, 3.63) is 64.7 Å². The monoisotopic (exact) mass is 280 g/mol. The number of aryl methyl sites for hydroxylation is 3. The number of carbonyl (C=O) groups is 1. The standard InChI is InChI=1S/C19H20O2/c1-13-6-8-16(9-7-13)19(20)14(2)21-18-11-10-15-4-3-5-17(15)12-18/h6-12,14H,3-5H2,1-2H3. The van der Waals surface area contributed by atoms with Gasteiger partial charge in [0.25, 0.3) is 0 Å². The van der Waals surface area contributed by atoms with Crippen LogP contribution >= 0.6 is 0 Å². The highest BCUT2D eigenvalue weighted by Crippen LogP contribution is 2.26. The van der Waals surface area contributed by atoms with Gasteiger partial charge in [-0.3, -0.25) is 4.79 Å². The van der Waals surface area contributed by atoms with E-state index in [0.717, 1.165) is 24.2 Å². The van der Waals surface area contributed by atoms with E-state index < -0.39 is 6.10 Å². The number of ketones is 1. The van der Waals surface area contributed by atoms with Crippen LogP contribution in [0.15, 0.2) is 42.5 Å². The maximum Gasteiger partial charge on any atom is 0.202 e. The first-order chi connectivity index (χ1) is 10.1. The van der Waals surface area contributed by atoms with Gasteiger partial charge in [-0.25, -0.2) is 0 Å². The Balaban J connectivity index is 1.72. The average molecular weight is 280 g/mol. The molecule has 0 aliphatic heterocycles. The molecule has 21 heavy (non-hydrogen) atoms. The molecule has 108 valence electrons. The molecular weight excluding hydrogens is 260 g/mol. The number of hydrogen-bond donors (Lipinski definition) is 0. The summed E-state index contributed by atoms with van der Waals surface area (Å²) in [5, 5.41) is 0. The molecule has 0 radical (unpaired) electrons. The molecule has 2 aromatic carbocycles. The number of fused-ring (bicyclic) bond motifs is 1. The highest BCUT2D eigenvalue weighted by Gasteiger charge is 2.18. The van der Waals surface area contributed by atoms with Crippen molar-refractivity contribution in [2.45, 2.75) is 39.2 Å². The Hall–Kier alpha value is -2.09. The summed E-state index contributed by atoms with van der Waals surface area (Å²) >= 11 is 0. The van der Waals surface area contributed by atoms with Gasteiger partial charge in [0.1, 0.15) is 5.75 Å². The van der Waals surface area contributed by atoms with Crippen molar-refractivity contribution >= 4 is 5.78 Å². The van der Waals surface area contributed by atoms with Crippen molar-refractivity contribution < 1.29 is 9.53 Å². The minimum atomic E-state index is -0.466. The second kappa shape index (κ2) is 5.72. The molecule has 1 aliphatic rings. The smallest absolute Gasteiger partial charge is 0.202 e. The topological polar surface area (TPSA) is 26.3 Å². The molecule has 0 saturated carbocycles. The van der Waals surface area contributed by atoms with Crippen LogP contribution in [0.1, 0.15) is 40.4 Å². The van der Waals surface area contributed by atoms with Gasteiger partial charge in [-0.1, -0.05) is 35.9 Å². The predicted molar refractivity (Wildman–Crippen MR) is 84.1 cm³/mol. The molecule has 2 aromatic rings. The number of hydrogen-bond acceptors (Lipinski definition) is 2. The Bertz CT molecular complexity index is 656. The van der Waals surface area contributed by atoms with Crippen molar-refractivity contribution in [2.75, 3.05) is 0 Å². The van der Waals surface area contributed by atoms with E-state index in [1.165, 1.54) is 17.5 Å². The van der Waals surface area contributed by atoms with E-state index in [1.54, 1.807) is 0 Å². The molecular formula is C19H20O2. The van der Waals surface area contributed by atoms with Crippen LogP contribution in [0.25, 0.3) is 0 Å². The van der Waals surface area contributed by atoms with Crippen LogP contribution in [0.4, 0.5) is 0 Å². The van der Waals surface area contributed by atoms with E-state index in [4.69, 9.17) is 4.74 Å². The number of ether oxygens (including phenoxy) is 1. The van der Waals surface area contributed by atoms with Gasteiger partial charge >= 0.3 is 0 Å². The summed E-state index contributed by atoms with van der Waals surface area (Å²) in [7, 11) is 0. The van der Waals surface area contributed by atoms with E-state index in [2.05, 4.69) is 12.1 Å². The van der Waals surface area contributed by atoms with Crippen molar-refractivity contribution in [2.24, 2.45) is 0 Å². The van der Waals surface area contributed by atoms with Crippen molar-refractivity contribution in [3.8, 4) is 5.75 Å². The van der Waals surface area contributed by atoms with Crippen LogP contribution in [-0.4, -0.2) is 11.9 Å². The van der Waals surface area contributed by atoms with Crippen molar-refractivity contribution in [1.82, 2.24) is 0 Å². The minimum absolute atomic E-state index is 0.0236. The zero-order chi connectivity index (χ0) is 14.8. The van der Waals surface area contributed by atoms with E-state index in [1.807, 2.05) is 44.2 Å². The van der Waals surface area contributed by atoms with Gasteiger partial charge in [0.15, 0.2) is 6.10 Å². The van der Waals surface area contributed by atoms with Gasteiger partial charge in [-0.15, -0.1) is 0 Å². The molecule has 1 unspecified atom stereocenters. The fourth-order valence-electron chi connectivity index (χ4n) is 2.83. The highest BCUT2D eigenvalue weighted by molar-refractivity contribution is 5.99. The average Bonchev–Trinajstić information content (AvgIpc) is 2.95. The maximum atomic E-state index is 12.4. The zero-order valence-electron chi connectivity index (χ0n) is 12.6. The summed E-state index contributed by atoms with van der Waals surface area (Å²) in [6, 6.07) is 13.8. The van der Waals surface area contributed by atoms with E-state index in [0.29, 0.717) is 5.56 Å². The highest BCUT2D eigenvalue weighted by atomic mass is 16.5. The van der Waals surface area contributed by atoms with Gasteiger partial charge in [0.2, 0.25) is 5.78 Å². The van der Waals surface area contributed by atoms with Crippen LogP contribution in [0.2, 0.25) is 0 Å². The van der Waals surface area contributed by atoms with Crippen LogP contribution in [0, 0.1) is 6.92 Å². The molecule has 0 N–H and O–H groups in total. The zero-order valence-corrected chi connectivity index (χ0v) is 12.6. The van der Waals surface area contributed by atoms with Gasteiger partial charge in [0.05, 0.1) is 0 Å². The lowest BCUT2D eigenvalue weighted by Gasteiger charge is -2.15. The number of benzene rings is 2. The third-order valence-electron chi connectivity index (χ3n) is 4.09. The quantitative estimate of drug-likeness (QED) is 0.787. The molecule has 0 heterocycles. The molecule has 0 spiro atoms. The van der Waals surface area contributed by atoms with Crippen LogP contribution in [0.3, 0.4) is 0 Å². The first-order valence-electron chi connectivity index (χ1n) is 7.53. The molecule has 0 fully saturated rings. The van der Waals surface area contributed by atoms with E-state index in [-0.39, 0.29) is 5.78 Å². The molecule has 0 amide bonds. The Morgan fingerprint density at radius 3 is 2.52 bits per heavy atom. The second-order valence-electron chi connectivity index (χ2n) is 5.77. The molecule has 2 nitrogen and oxygen atoms in total. The molecule has 2 heteroatoms. The summed E-state index contributed by atoms with van der Waals surface area (Å²) in [4.78, 5) is 12.4. The summed E-state index contributed by atoms with van der Waals surface area (Å²) in [6.07, 6.45) is 3.03. The van der Waals surface area contributed by atoms with Crippen LogP contribution in [-0.2, 0) is 12.8 Å². The normalized spacial score (nSPS) is 14.6. The summed E-state index contributed by atoms with van der Waals surface area (Å²) in [5.41, 5.74) is 4.63. The summed E-state index contributed by atoms with van der Waals surface area (Å²) in [5.74, 6) is 0.819. The van der Waals surface area contributed by atoms with Gasteiger partial charge in [0, 0.05) is 5.56 Å². The Morgan fingerprint density at radius 2 is 1.76 bits per heavy atom. The molecule has 1 atom stereocenters.